The van der Waals surface area contributed by atoms with E-state index in [1.807, 2.05) is 13.8 Å². The van der Waals surface area contributed by atoms with E-state index in [1.54, 1.807) is 13.2 Å². The molecule has 0 bridgehead atoms. The van der Waals surface area contributed by atoms with Gasteiger partial charge in [-0.1, -0.05) is 13.8 Å². The molecule has 2 rings (SSSR count). The number of hydrogen-bond donors (Lipinski definition) is 2. The zero-order valence-electron chi connectivity index (χ0n) is 10.7. The highest BCUT2D eigenvalue weighted by molar-refractivity contribution is 5.87. The topological polar surface area (TPSA) is 84.2 Å². The maximum atomic E-state index is 11.9. The first-order valence-electron chi connectivity index (χ1n) is 5.83. The van der Waals surface area contributed by atoms with Gasteiger partial charge in [0.15, 0.2) is 6.04 Å². The van der Waals surface area contributed by atoms with Crippen molar-refractivity contribution in [2.45, 2.75) is 26.3 Å². The van der Waals surface area contributed by atoms with Crippen LogP contribution in [0.25, 0.3) is 0 Å². The monoisotopic (exact) mass is 251 g/mol. The van der Waals surface area contributed by atoms with Gasteiger partial charge in [-0.3, -0.25) is 9.48 Å². The molecule has 2 N–H and O–H groups in total. The number of aryl methyl sites for hydroxylation is 1. The van der Waals surface area contributed by atoms with E-state index >= 15 is 0 Å². The highest BCUT2D eigenvalue weighted by atomic mass is 16.4. The third-order valence-electron chi connectivity index (χ3n) is 3.42. The number of carbonyl (C=O) groups is 2. The number of aliphatic carboxylic acids is 1. The van der Waals surface area contributed by atoms with E-state index in [2.05, 4.69) is 10.4 Å². The van der Waals surface area contributed by atoms with Crippen molar-refractivity contribution in [1.82, 2.24) is 15.1 Å². The lowest BCUT2D eigenvalue weighted by molar-refractivity contribution is -0.142. The molecule has 2 atom stereocenters. The van der Waals surface area contributed by atoms with Crippen LogP contribution >= 0.6 is 0 Å². The minimum atomic E-state index is -1.07. The molecule has 18 heavy (non-hydrogen) atoms. The van der Waals surface area contributed by atoms with Crippen LogP contribution in [0.15, 0.2) is 12.4 Å². The van der Waals surface area contributed by atoms with Crippen LogP contribution in [0.4, 0.5) is 0 Å². The first-order valence-corrected chi connectivity index (χ1v) is 5.83. The van der Waals surface area contributed by atoms with Crippen molar-refractivity contribution >= 4 is 11.9 Å². The number of nitrogens with one attached hydrogen (secondary N) is 1. The van der Waals surface area contributed by atoms with Crippen molar-refractivity contribution in [1.29, 1.82) is 0 Å². The fourth-order valence-electron chi connectivity index (χ4n) is 2.03. The van der Waals surface area contributed by atoms with Gasteiger partial charge in [0.2, 0.25) is 5.91 Å². The molecule has 0 radical (unpaired) electrons. The molecule has 1 aliphatic rings. The summed E-state index contributed by atoms with van der Waals surface area (Å²) in [6.07, 6.45) is 3.85. The van der Waals surface area contributed by atoms with Crippen molar-refractivity contribution in [3.05, 3.63) is 18.0 Å². The molecular formula is C12H17N3O3. The van der Waals surface area contributed by atoms with Crippen LogP contribution in [0, 0.1) is 11.3 Å². The molecule has 0 aliphatic heterocycles. The van der Waals surface area contributed by atoms with E-state index < -0.39 is 12.0 Å². The summed E-state index contributed by atoms with van der Waals surface area (Å²) in [6.45, 7) is 3.99. The van der Waals surface area contributed by atoms with Gasteiger partial charge in [-0.25, -0.2) is 4.79 Å². The number of hydrogen-bond acceptors (Lipinski definition) is 3. The Morgan fingerprint density at radius 1 is 1.61 bits per heavy atom. The zero-order valence-corrected chi connectivity index (χ0v) is 10.7. The van der Waals surface area contributed by atoms with Crippen LogP contribution in [-0.4, -0.2) is 26.8 Å². The maximum absolute atomic E-state index is 11.9. The molecule has 6 nitrogen and oxygen atoms in total. The summed E-state index contributed by atoms with van der Waals surface area (Å²) in [6, 6.07) is -1.03. The normalized spacial score (nSPS) is 22.3. The minimum Gasteiger partial charge on any atom is -0.479 e. The molecule has 1 aromatic rings. The molecule has 6 heteroatoms. The van der Waals surface area contributed by atoms with Gasteiger partial charge in [-0.05, 0) is 11.8 Å². The Morgan fingerprint density at radius 3 is 2.61 bits per heavy atom. The predicted octanol–water partition coefficient (Wildman–Crippen LogP) is 0.708. The first-order chi connectivity index (χ1) is 8.31. The molecule has 0 saturated heterocycles. The fraction of sp³-hybridized carbons (Fsp3) is 0.583. The average Bonchev–Trinajstić information content (AvgIpc) is 2.69. The predicted molar refractivity (Wildman–Crippen MR) is 63.6 cm³/mol. The van der Waals surface area contributed by atoms with Crippen molar-refractivity contribution < 1.29 is 14.7 Å². The second kappa shape index (κ2) is 4.12. The zero-order chi connectivity index (χ0) is 13.5. The van der Waals surface area contributed by atoms with Crippen molar-refractivity contribution in [3.63, 3.8) is 0 Å². The summed E-state index contributed by atoms with van der Waals surface area (Å²) in [4.78, 5) is 23.1. The lowest BCUT2D eigenvalue weighted by Gasteiger charge is -2.13. The quantitative estimate of drug-likeness (QED) is 0.825. The van der Waals surface area contributed by atoms with Crippen LogP contribution in [0.1, 0.15) is 31.9 Å². The Hall–Kier alpha value is -1.85. The summed E-state index contributed by atoms with van der Waals surface area (Å²) in [7, 11) is 1.70. The van der Waals surface area contributed by atoms with E-state index in [-0.39, 0.29) is 17.2 Å². The van der Waals surface area contributed by atoms with E-state index in [4.69, 9.17) is 5.11 Å². The van der Waals surface area contributed by atoms with Gasteiger partial charge in [0.25, 0.3) is 0 Å². The van der Waals surface area contributed by atoms with Crippen molar-refractivity contribution in [2.75, 3.05) is 0 Å². The van der Waals surface area contributed by atoms with E-state index in [0.29, 0.717) is 5.56 Å². The largest absolute Gasteiger partial charge is 0.479 e. The van der Waals surface area contributed by atoms with E-state index in [9.17, 15) is 9.59 Å². The van der Waals surface area contributed by atoms with Gasteiger partial charge >= 0.3 is 5.97 Å². The molecular weight excluding hydrogens is 234 g/mol. The number of carbonyl (C=O) groups excluding carboxylic acids is 1. The summed E-state index contributed by atoms with van der Waals surface area (Å²) in [5.74, 6) is -1.36. The number of carboxylic acids is 1. The molecule has 1 saturated carbocycles. The lowest BCUT2D eigenvalue weighted by Crippen LogP contribution is -2.35. The Balaban J connectivity index is 2.08. The molecule has 1 aromatic heterocycles. The summed E-state index contributed by atoms with van der Waals surface area (Å²) < 4.78 is 1.51. The van der Waals surface area contributed by atoms with Gasteiger partial charge in [-0.2, -0.15) is 5.10 Å². The van der Waals surface area contributed by atoms with Gasteiger partial charge in [-0.15, -0.1) is 0 Å². The van der Waals surface area contributed by atoms with Crippen LogP contribution in [0.5, 0.6) is 0 Å². The second-order valence-electron chi connectivity index (χ2n) is 5.47. The molecule has 2 unspecified atom stereocenters. The van der Waals surface area contributed by atoms with Gasteiger partial charge < -0.3 is 10.4 Å². The van der Waals surface area contributed by atoms with Gasteiger partial charge in [0.1, 0.15) is 0 Å². The molecule has 1 amide bonds. The third-order valence-corrected chi connectivity index (χ3v) is 3.42. The second-order valence-corrected chi connectivity index (χ2v) is 5.47. The fourth-order valence-corrected chi connectivity index (χ4v) is 2.03. The summed E-state index contributed by atoms with van der Waals surface area (Å²) >= 11 is 0. The van der Waals surface area contributed by atoms with Crippen LogP contribution in [0.3, 0.4) is 0 Å². The molecule has 0 aromatic carbocycles. The van der Waals surface area contributed by atoms with Crippen LogP contribution in [0.2, 0.25) is 0 Å². The van der Waals surface area contributed by atoms with Gasteiger partial charge in [0, 0.05) is 24.7 Å². The minimum absolute atomic E-state index is 0.0118. The number of carboxylic acid groups (broad SMARTS) is 1. The van der Waals surface area contributed by atoms with Crippen molar-refractivity contribution in [2.24, 2.45) is 18.4 Å². The van der Waals surface area contributed by atoms with Crippen molar-refractivity contribution in [3.8, 4) is 0 Å². The third kappa shape index (κ3) is 2.37. The van der Waals surface area contributed by atoms with Crippen LogP contribution < -0.4 is 5.32 Å². The molecule has 98 valence electrons. The first kappa shape index (κ1) is 12.6. The molecule has 1 heterocycles. The molecule has 1 fully saturated rings. The Morgan fingerprint density at radius 2 is 2.22 bits per heavy atom. The summed E-state index contributed by atoms with van der Waals surface area (Å²) in [5, 5.41) is 15.7. The standard InChI is InChI=1S/C12H17N3O3/c1-12(2)4-8(12)10(16)14-9(11(17)18)7-5-13-15(3)6-7/h5-6,8-9H,4H2,1-3H3,(H,14,16)(H,17,18). The number of nitrogens with zero attached hydrogens (tertiary/aromatic N) is 2. The highest BCUT2D eigenvalue weighted by Crippen LogP contribution is 2.51. The number of amides is 1. The molecule has 0 spiro atoms. The smallest absolute Gasteiger partial charge is 0.331 e. The van der Waals surface area contributed by atoms with Gasteiger partial charge in [0.05, 0.1) is 6.20 Å². The summed E-state index contributed by atoms with van der Waals surface area (Å²) in [5.41, 5.74) is 0.471. The SMILES string of the molecule is Cn1cc(C(NC(=O)C2CC2(C)C)C(=O)O)cn1. The van der Waals surface area contributed by atoms with E-state index in [0.717, 1.165) is 6.42 Å². The Kier molecular flexibility index (Phi) is 2.88. The van der Waals surface area contributed by atoms with E-state index in [1.165, 1.54) is 10.9 Å². The number of aromatic nitrogens is 2. The Bertz CT molecular complexity index is 493. The Labute approximate surface area is 105 Å². The average molecular weight is 251 g/mol. The highest BCUT2D eigenvalue weighted by Gasteiger charge is 2.51. The maximum Gasteiger partial charge on any atom is 0.331 e. The number of rotatable bonds is 4. The lowest BCUT2D eigenvalue weighted by atomic mass is 10.1. The van der Waals surface area contributed by atoms with Crippen LogP contribution in [-0.2, 0) is 16.6 Å². The molecule has 1 aliphatic carbocycles.